The van der Waals surface area contributed by atoms with Crippen molar-refractivity contribution in [3.63, 3.8) is 0 Å². The fourth-order valence-corrected chi connectivity index (χ4v) is 1.88. The molecular formula is C14H17FO3S. The molecule has 0 bridgehead atoms. The first-order chi connectivity index (χ1) is 9.13. The zero-order valence-corrected chi connectivity index (χ0v) is 11.8. The van der Waals surface area contributed by atoms with Crippen molar-refractivity contribution in [3.8, 4) is 5.75 Å². The van der Waals surface area contributed by atoms with Crippen molar-refractivity contribution in [1.82, 2.24) is 0 Å². The molecular weight excluding hydrogens is 267 g/mol. The Balaban J connectivity index is 2.49. The summed E-state index contributed by atoms with van der Waals surface area (Å²) in [6, 6.07) is 4.66. The summed E-state index contributed by atoms with van der Waals surface area (Å²) in [5, 5.41) is 0.0965. The molecule has 0 spiro atoms. The molecule has 0 amide bonds. The van der Waals surface area contributed by atoms with Gasteiger partial charge in [-0.05, 0) is 18.6 Å². The average molecular weight is 284 g/mol. The Morgan fingerprint density at radius 2 is 2.26 bits per heavy atom. The first kappa shape index (κ1) is 15.7. The van der Waals surface area contributed by atoms with Gasteiger partial charge < -0.3 is 9.47 Å². The van der Waals surface area contributed by atoms with Crippen molar-refractivity contribution in [2.24, 2.45) is 0 Å². The Bertz CT molecular complexity index is 446. The molecule has 0 aromatic heterocycles. The number of ether oxygens (including phenoxy) is 2. The second-order valence-electron chi connectivity index (χ2n) is 3.77. The second-order valence-corrected chi connectivity index (χ2v) is 5.04. The number of carbonyl (C=O) groups excluding carboxylic acids is 1. The molecule has 0 aliphatic rings. The molecule has 0 aliphatic carbocycles. The number of halogens is 1. The van der Waals surface area contributed by atoms with Gasteiger partial charge in [0.25, 0.3) is 0 Å². The van der Waals surface area contributed by atoms with Crippen LogP contribution < -0.4 is 4.74 Å². The molecule has 0 radical (unpaired) electrons. The van der Waals surface area contributed by atoms with E-state index in [0.29, 0.717) is 17.1 Å². The Morgan fingerprint density at radius 3 is 2.89 bits per heavy atom. The second kappa shape index (κ2) is 8.72. The van der Waals surface area contributed by atoms with E-state index in [1.807, 2.05) is 6.08 Å². The Kier molecular flexibility index (Phi) is 7.22. The molecule has 1 aromatic carbocycles. The molecule has 1 aromatic rings. The molecule has 0 heterocycles. The van der Waals surface area contributed by atoms with Crippen LogP contribution in [0, 0.1) is 5.82 Å². The molecule has 0 saturated heterocycles. The number of methoxy groups -OCH3 is 1. The lowest BCUT2D eigenvalue weighted by molar-refractivity contribution is -0.109. The molecule has 0 saturated carbocycles. The minimum atomic E-state index is -0.343. The van der Waals surface area contributed by atoms with Crippen LogP contribution in [0.25, 0.3) is 6.08 Å². The minimum Gasteiger partial charge on any atom is -0.467 e. The first-order valence-electron chi connectivity index (χ1n) is 5.84. The van der Waals surface area contributed by atoms with Crippen LogP contribution in [0.1, 0.15) is 18.9 Å². The van der Waals surface area contributed by atoms with Gasteiger partial charge in [0.05, 0.1) is 0 Å². The van der Waals surface area contributed by atoms with Crippen molar-refractivity contribution < 1.29 is 18.7 Å². The Morgan fingerprint density at radius 1 is 1.47 bits per heavy atom. The standard InChI is InChI=1S/C14H17FO3S/c1-11(16)19-8-4-3-5-12-6-7-13(9-14(12)15)18-10-17-2/h3,5-7,9H,4,8,10H2,1-2H3. The summed E-state index contributed by atoms with van der Waals surface area (Å²) < 4.78 is 23.6. The van der Waals surface area contributed by atoms with Crippen LogP contribution in [0.2, 0.25) is 0 Å². The molecule has 19 heavy (non-hydrogen) atoms. The van der Waals surface area contributed by atoms with Crippen LogP contribution in [0.4, 0.5) is 4.39 Å². The van der Waals surface area contributed by atoms with Crippen LogP contribution >= 0.6 is 11.8 Å². The molecule has 5 heteroatoms. The molecule has 0 unspecified atom stereocenters. The summed E-state index contributed by atoms with van der Waals surface area (Å²) in [5.74, 6) is 0.801. The highest BCUT2D eigenvalue weighted by atomic mass is 32.2. The van der Waals surface area contributed by atoms with E-state index < -0.39 is 0 Å². The van der Waals surface area contributed by atoms with E-state index in [0.717, 1.165) is 6.42 Å². The number of rotatable bonds is 7. The molecule has 1 rings (SSSR count). The highest BCUT2D eigenvalue weighted by Crippen LogP contribution is 2.18. The largest absolute Gasteiger partial charge is 0.467 e. The maximum atomic E-state index is 13.7. The van der Waals surface area contributed by atoms with Crippen LogP contribution in [0.5, 0.6) is 5.75 Å². The molecule has 104 valence electrons. The predicted octanol–water partition coefficient (Wildman–Crippen LogP) is 3.49. The van der Waals surface area contributed by atoms with Crippen LogP contribution in [0.3, 0.4) is 0 Å². The monoisotopic (exact) mass is 284 g/mol. The zero-order valence-electron chi connectivity index (χ0n) is 11.0. The van der Waals surface area contributed by atoms with Gasteiger partial charge in [0.15, 0.2) is 11.9 Å². The van der Waals surface area contributed by atoms with Crippen LogP contribution in [0.15, 0.2) is 24.3 Å². The molecule has 3 nitrogen and oxygen atoms in total. The number of hydrogen-bond donors (Lipinski definition) is 0. The SMILES string of the molecule is COCOc1ccc(C=CCCSC(C)=O)c(F)c1. The van der Waals surface area contributed by atoms with Crippen molar-refractivity contribution >= 4 is 23.0 Å². The number of carbonyl (C=O) groups is 1. The van der Waals surface area contributed by atoms with E-state index in [-0.39, 0.29) is 17.7 Å². The predicted molar refractivity (Wildman–Crippen MR) is 75.7 cm³/mol. The van der Waals surface area contributed by atoms with E-state index in [1.54, 1.807) is 18.2 Å². The van der Waals surface area contributed by atoms with E-state index in [1.165, 1.54) is 31.9 Å². The summed E-state index contributed by atoms with van der Waals surface area (Å²) in [5.41, 5.74) is 0.498. The van der Waals surface area contributed by atoms with Crippen molar-refractivity contribution in [3.05, 3.63) is 35.7 Å². The van der Waals surface area contributed by atoms with Crippen molar-refractivity contribution in [1.29, 1.82) is 0 Å². The normalized spacial score (nSPS) is 10.9. The van der Waals surface area contributed by atoms with Gasteiger partial charge in [-0.2, -0.15) is 0 Å². The summed E-state index contributed by atoms with van der Waals surface area (Å²) in [6.45, 7) is 1.63. The van der Waals surface area contributed by atoms with Gasteiger partial charge in [-0.1, -0.05) is 23.9 Å². The highest BCUT2D eigenvalue weighted by Gasteiger charge is 2.01. The zero-order chi connectivity index (χ0) is 14.1. The van der Waals surface area contributed by atoms with E-state index in [2.05, 4.69) is 0 Å². The van der Waals surface area contributed by atoms with Crippen molar-refractivity contribution in [2.75, 3.05) is 19.7 Å². The topological polar surface area (TPSA) is 35.5 Å². The maximum absolute atomic E-state index is 13.7. The lowest BCUT2D eigenvalue weighted by Gasteiger charge is -2.05. The lowest BCUT2D eigenvalue weighted by atomic mass is 10.2. The fraction of sp³-hybridized carbons (Fsp3) is 0.357. The van der Waals surface area contributed by atoms with E-state index in [9.17, 15) is 9.18 Å². The van der Waals surface area contributed by atoms with Gasteiger partial charge >= 0.3 is 0 Å². The lowest BCUT2D eigenvalue weighted by Crippen LogP contribution is -1.99. The average Bonchev–Trinajstić information content (AvgIpc) is 2.37. The minimum absolute atomic E-state index is 0.0941. The fourth-order valence-electron chi connectivity index (χ4n) is 1.34. The Labute approximate surface area is 116 Å². The van der Waals surface area contributed by atoms with E-state index >= 15 is 0 Å². The molecule has 0 N–H and O–H groups in total. The quantitative estimate of drug-likeness (QED) is 0.567. The summed E-state index contributed by atoms with van der Waals surface area (Å²) >= 11 is 1.26. The number of hydrogen-bond acceptors (Lipinski definition) is 4. The third-order valence-corrected chi connectivity index (χ3v) is 3.05. The molecule has 0 fully saturated rings. The third kappa shape index (κ3) is 6.40. The maximum Gasteiger partial charge on any atom is 0.188 e. The Hall–Kier alpha value is -1.33. The third-order valence-electron chi connectivity index (χ3n) is 2.20. The van der Waals surface area contributed by atoms with Gasteiger partial charge in [-0.15, -0.1) is 0 Å². The number of allylic oxidation sites excluding steroid dienone is 1. The smallest absolute Gasteiger partial charge is 0.188 e. The van der Waals surface area contributed by atoms with Gasteiger partial charge in [0, 0.05) is 31.4 Å². The van der Waals surface area contributed by atoms with E-state index in [4.69, 9.17) is 9.47 Å². The van der Waals surface area contributed by atoms with Gasteiger partial charge in [-0.3, -0.25) is 4.79 Å². The van der Waals surface area contributed by atoms with Crippen LogP contribution in [-0.2, 0) is 9.53 Å². The molecule has 0 atom stereocenters. The molecule has 0 aliphatic heterocycles. The summed E-state index contributed by atoms with van der Waals surface area (Å²) in [4.78, 5) is 10.7. The van der Waals surface area contributed by atoms with Crippen molar-refractivity contribution in [2.45, 2.75) is 13.3 Å². The van der Waals surface area contributed by atoms with Gasteiger partial charge in [0.2, 0.25) is 0 Å². The number of thioether (sulfide) groups is 1. The van der Waals surface area contributed by atoms with Gasteiger partial charge in [0.1, 0.15) is 11.6 Å². The summed E-state index contributed by atoms with van der Waals surface area (Å²) in [6.07, 6.45) is 4.28. The van der Waals surface area contributed by atoms with Crippen LogP contribution in [-0.4, -0.2) is 24.8 Å². The van der Waals surface area contributed by atoms with Gasteiger partial charge in [-0.25, -0.2) is 4.39 Å². The first-order valence-corrected chi connectivity index (χ1v) is 6.83. The summed E-state index contributed by atoms with van der Waals surface area (Å²) in [7, 11) is 1.51. The highest BCUT2D eigenvalue weighted by molar-refractivity contribution is 8.13. The number of benzene rings is 1.